The first-order valence-electron chi connectivity index (χ1n) is 11.9. The standard InChI is InChI=1S/C25H32N6O3S/c1-25(2,29-16-24(32)31-12-5-8-21(31)14-26)18-28-23-10-9-22(15-27-23)35(33,34)30-13-11-19-6-3-4-7-20(19)17-30/h3-4,6-7,9-10,15,21,29H,5,8,11-13,16-18H2,1-2H3,(H,27,28)/t21-/m0/s1. The Hall–Kier alpha value is -3.00. The summed E-state index contributed by atoms with van der Waals surface area (Å²) in [5.41, 5.74) is 1.81. The molecule has 0 radical (unpaired) electrons. The van der Waals surface area contributed by atoms with Crippen molar-refractivity contribution in [3.8, 4) is 6.07 Å². The van der Waals surface area contributed by atoms with Crippen LogP contribution in [0.3, 0.4) is 0 Å². The van der Waals surface area contributed by atoms with E-state index in [1.54, 1.807) is 17.0 Å². The average Bonchev–Trinajstić information content (AvgIpc) is 3.35. The van der Waals surface area contributed by atoms with Gasteiger partial charge in [-0.3, -0.25) is 4.79 Å². The molecule has 1 saturated heterocycles. The zero-order valence-electron chi connectivity index (χ0n) is 20.2. The van der Waals surface area contributed by atoms with Crippen molar-refractivity contribution in [2.24, 2.45) is 0 Å². The molecule has 1 atom stereocenters. The van der Waals surface area contributed by atoms with Crippen molar-refractivity contribution in [1.82, 2.24) is 19.5 Å². The van der Waals surface area contributed by atoms with Crippen LogP contribution in [0.5, 0.6) is 0 Å². The Kier molecular flexibility index (Phi) is 7.40. The van der Waals surface area contributed by atoms with Crippen molar-refractivity contribution >= 4 is 21.7 Å². The van der Waals surface area contributed by atoms with Gasteiger partial charge in [0.15, 0.2) is 0 Å². The predicted octanol–water partition coefficient (Wildman–Crippen LogP) is 2.12. The topological polar surface area (TPSA) is 118 Å². The smallest absolute Gasteiger partial charge is 0.244 e. The predicted molar refractivity (Wildman–Crippen MR) is 133 cm³/mol. The van der Waals surface area contributed by atoms with E-state index < -0.39 is 15.6 Å². The number of pyridine rings is 1. The molecule has 1 aromatic carbocycles. The second-order valence-corrected chi connectivity index (χ2v) is 11.6. The lowest BCUT2D eigenvalue weighted by molar-refractivity contribution is -0.130. The summed E-state index contributed by atoms with van der Waals surface area (Å²) in [7, 11) is -3.63. The van der Waals surface area contributed by atoms with Crippen molar-refractivity contribution in [3.63, 3.8) is 0 Å². The number of anilines is 1. The van der Waals surface area contributed by atoms with E-state index in [1.807, 2.05) is 38.1 Å². The summed E-state index contributed by atoms with van der Waals surface area (Å²) in [5.74, 6) is 0.480. The number of sulfonamides is 1. The molecule has 10 heteroatoms. The molecule has 1 amide bonds. The third-order valence-corrected chi connectivity index (χ3v) is 8.45. The minimum Gasteiger partial charge on any atom is -0.368 e. The monoisotopic (exact) mass is 496 g/mol. The lowest BCUT2D eigenvalue weighted by Crippen LogP contribution is -2.50. The molecule has 3 heterocycles. The lowest BCUT2D eigenvalue weighted by Gasteiger charge is -2.29. The van der Waals surface area contributed by atoms with Gasteiger partial charge in [-0.15, -0.1) is 0 Å². The van der Waals surface area contributed by atoms with E-state index in [2.05, 4.69) is 21.7 Å². The molecule has 2 aliphatic heterocycles. The van der Waals surface area contributed by atoms with E-state index in [0.717, 1.165) is 18.4 Å². The molecule has 2 aromatic rings. The highest BCUT2D eigenvalue weighted by atomic mass is 32.2. The van der Waals surface area contributed by atoms with Gasteiger partial charge in [0.05, 0.1) is 12.6 Å². The maximum Gasteiger partial charge on any atom is 0.244 e. The molecule has 1 fully saturated rings. The molecule has 35 heavy (non-hydrogen) atoms. The number of carbonyl (C=O) groups is 1. The zero-order chi connectivity index (χ0) is 25.1. The Balaban J connectivity index is 1.31. The zero-order valence-corrected chi connectivity index (χ0v) is 21.0. The van der Waals surface area contributed by atoms with Crippen molar-refractivity contribution < 1.29 is 13.2 Å². The van der Waals surface area contributed by atoms with E-state index >= 15 is 0 Å². The summed E-state index contributed by atoms with van der Waals surface area (Å²) in [6.07, 6.45) is 3.67. The van der Waals surface area contributed by atoms with Crippen LogP contribution in [-0.2, 0) is 27.8 Å². The van der Waals surface area contributed by atoms with Crippen LogP contribution in [0.25, 0.3) is 0 Å². The van der Waals surface area contributed by atoms with E-state index in [1.165, 1.54) is 16.1 Å². The molecule has 0 saturated carbocycles. The fraction of sp³-hybridized carbons (Fsp3) is 0.480. The van der Waals surface area contributed by atoms with Gasteiger partial charge in [0.1, 0.15) is 16.8 Å². The number of hydrogen-bond donors (Lipinski definition) is 2. The van der Waals surface area contributed by atoms with E-state index in [0.29, 0.717) is 38.4 Å². The second-order valence-electron chi connectivity index (χ2n) is 9.70. The Morgan fingerprint density at radius 1 is 1.20 bits per heavy atom. The summed E-state index contributed by atoms with van der Waals surface area (Å²) < 4.78 is 27.8. The van der Waals surface area contributed by atoms with E-state index in [9.17, 15) is 18.5 Å². The highest BCUT2D eigenvalue weighted by molar-refractivity contribution is 7.89. The summed E-state index contributed by atoms with van der Waals surface area (Å²) in [6.45, 7) is 5.99. The number of hydrogen-bond acceptors (Lipinski definition) is 7. The first-order valence-corrected chi connectivity index (χ1v) is 13.3. The Bertz CT molecular complexity index is 1210. The fourth-order valence-corrected chi connectivity index (χ4v) is 5.82. The number of amides is 1. The second kappa shape index (κ2) is 10.3. The maximum atomic E-state index is 13.1. The minimum atomic E-state index is -3.63. The van der Waals surface area contributed by atoms with Gasteiger partial charge in [-0.25, -0.2) is 13.4 Å². The number of nitriles is 1. The molecule has 186 valence electrons. The van der Waals surface area contributed by atoms with Crippen LogP contribution in [0, 0.1) is 11.3 Å². The van der Waals surface area contributed by atoms with Gasteiger partial charge in [0.2, 0.25) is 15.9 Å². The van der Waals surface area contributed by atoms with E-state index in [-0.39, 0.29) is 23.4 Å². The van der Waals surface area contributed by atoms with Gasteiger partial charge in [0.25, 0.3) is 0 Å². The van der Waals surface area contributed by atoms with Crippen molar-refractivity contribution in [1.29, 1.82) is 5.26 Å². The first kappa shape index (κ1) is 25.1. The summed E-state index contributed by atoms with van der Waals surface area (Å²) >= 11 is 0. The third-order valence-electron chi connectivity index (χ3n) is 6.62. The quantitative estimate of drug-likeness (QED) is 0.575. The number of nitrogens with zero attached hydrogens (tertiary/aromatic N) is 4. The van der Waals surface area contributed by atoms with Gasteiger partial charge in [-0.1, -0.05) is 24.3 Å². The van der Waals surface area contributed by atoms with Gasteiger partial charge in [-0.05, 0) is 56.4 Å². The molecule has 0 aliphatic carbocycles. The van der Waals surface area contributed by atoms with Crippen LogP contribution < -0.4 is 10.6 Å². The molecule has 2 N–H and O–H groups in total. The number of aromatic nitrogens is 1. The number of nitrogens with one attached hydrogen (secondary N) is 2. The number of carbonyl (C=O) groups excluding carboxylic acids is 1. The number of likely N-dealkylation sites (tertiary alicyclic amines) is 1. The first-order chi connectivity index (χ1) is 16.7. The number of benzene rings is 1. The van der Waals surface area contributed by atoms with E-state index in [4.69, 9.17) is 0 Å². The van der Waals surface area contributed by atoms with Gasteiger partial charge < -0.3 is 15.5 Å². The summed E-state index contributed by atoms with van der Waals surface area (Å²) in [5, 5.41) is 15.6. The molecule has 0 unspecified atom stereocenters. The van der Waals surface area contributed by atoms with Crippen LogP contribution in [0.4, 0.5) is 5.82 Å². The van der Waals surface area contributed by atoms with Crippen molar-refractivity contribution in [2.75, 3.05) is 31.5 Å². The van der Waals surface area contributed by atoms with Crippen LogP contribution in [-0.4, -0.2) is 66.3 Å². The fourth-order valence-electron chi connectivity index (χ4n) is 4.45. The lowest BCUT2D eigenvalue weighted by atomic mass is 10.0. The normalized spacial score (nSPS) is 18.7. The maximum absolute atomic E-state index is 13.1. The molecular weight excluding hydrogens is 464 g/mol. The van der Waals surface area contributed by atoms with Gasteiger partial charge in [0, 0.05) is 37.9 Å². The molecule has 1 aromatic heterocycles. The average molecular weight is 497 g/mol. The van der Waals surface area contributed by atoms with Crippen molar-refractivity contribution in [3.05, 3.63) is 53.7 Å². The summed E-state index contributed by atoms with van der Waals surface area (Å²) in [6, 6.07) is 13.0. The Labute approximate surface area is 207 Å². The highest BCUT2D eigenvalue weighted by Gasteiger charge is 2.30. The van der Waals surface area contributed by atoms with Gasteiger partial charge in [-0.2, -0.15) is 9.57 Å². The molecule has 9 nitrogen and oxygen atoms in total. The van der Waals surface area contributed by atoms with Crippen LogP contribution in [0.1, 0.15) is 37.8 Å². The van der Waals surface area contributed by atoms with Crippen LogP contribution >= 0.6 is 0 Å². The Morgan fingerprint density at radius 2 is 1.97 bits per heavy atom. The molecular formula is C25H32N6O3S. The largest absolute Gasteiger partial charge is 0.368 e. The number of fused-ring (bicyclic) bond motifs is 1. The van der Waals surface area contributed by atoms with Crippen LogP contribution in [0.15, 0.2) is 47.5 Å². The third kappa shape index (κ3) is 5.81. The SMILES string of the molecule is CC(C)(CNc1ccc(S(=O)(=O)N2CCc3ccccc3C2)cn1)NCC(=O)N1CCC[C@H]1C#N. The van der Waals surface area contributed by atoms with Crippen molar-refractivity contribution in [2.45, 2.75) is 56.1 Å². The Morgan fingerprint density at radius 3 is 2.69 bits per heavy atom. The number of rotatable bonds is 8. The minimum absolute atomic E-state index is 0.0739. The molecule has 4 rings (SSSR count). The molecule has 2 aliphatic rings. The highest BCUT2D eigenvalue weighted by Crippen LogP contribution is 2.25. The molecule has 0 bridgehead atoms. The van der Waals surface area contributed by atoms with Gasteiger partial charge >= 0.3 is 0 Å². The van der Waals surface area contributed by atoms with Crippen LogP contribution in [0.2, 0.25) is 0 Å². The summed E-state index contributed by atoms with van der Waals surface area (Å²) in [4.78, 5) is 18.6. The molecule has 0 spiro atoms.